The molecule has 0 aliphatic rings. The van der Waals surface area contributed by atoms with Gasteiger partial charge >= 0.3 is 0 Å². The predicted octanol–water partition coefficient (Wildman–Crippen LogP) is 4.66. The molecule has 2 heteroatoms. The second-order valence-electron chi connectivity index (χ2n) is 4.87. The quantitative estimate of drug-likeness (QED) is 0.641. The van der Waals surface area contributed by atoms with Gasteiger partial charge in [-0.15, -0.1) is 0 Å². The summed E-state index contributed by atoms with van der Waals surface area (Å²) in [5.41, 5.74) is 3.48. The van der Waals surface area contributed by atoms with Crippen molar-refractivity contribution < 1.29 is 4.55 Å². The first-order valence-corrected chi connectivity index (χ1v) is 8.22. The SMILES string of the molecule is [O-][S@+](Cc1ccc(-c2ccccc2)cc1)c1ccccc1. The van der Waals surface area contributed by atoms with Crippen LogP contribution in [0.4, 0.5) is 0 Å². The van der Waals surface area contributed by atoms with Crippen LogP contribution in [0.1, 0.15) is 5.56 Å². The van der Waals surface area contributed by atoms with Crippen molar-refractivity contribution in [3.63, 3.8) is 0 Å². The first-order valence-electron chi connectivity index (χ1n) is 6.91. The van der Waals surface area contributed by atoms with Crippen molar-refractivity contribution in [2.75, 3.05) is 0 Å². The lowest BCUT2D eigenvalue weighted by atomic mass is 10.0. The summed E-state index contributed by atoms with van der Waals surface area (Å²) in [6.45, 7) is 0. The molecular formula is C19H16OS. The van der Waals surface area contributed by atoms with E-state index < -0.39 is 11.2 Å². The fraction of sp³-hybridized carbons (Fsp3) is 0.0526. The zero-order valence-electron chi connectivity index (χ0n) is 11.6. The van der Waals surface area contributed by atoms with E-state index in [0.29, 0.717) is 5.75 Å². The van der Waals surface area contributed by atoms with Gasteiger partial charge in [-0.3, -0.25) is 0 Å². The number of benzene rings is 3. The number of rotatable bonds is 4. The summed E-state index contributed by atoms with van der Waals surface area (Å²) in [7, 11) is 0. The molecule has 0 unspecified atom stereocenters. The van der Waals surface area contributed by atoms with Gasteiger partial charge in [0.05, 0.1) is 0 Å². The highest BCUT2D eigenvalue weighted by molar-refractivity contribution is 7.90. The average Bonchev–Trinajstić information content (AvgIpc) is 2.57. The van der Waals surface area contributed by atoms with Gasteiger partial charge in [-0.25, -0.2) is 0 Å². The molecule has 3 aromatic carbocycles. The Balaban J connectivity index is 1.73. The molecule has 0 heterocycles. The van der Waals surface area contributed by atoms with Crippen LogP contribution in [0.5, 0.6) is 0 Å². The first-order chi connectivity index (χ1) is 10.3. The molecule has 21 heavy (non-hydrogen) atoms. The molecule has 0 amide bonds. The summed E-state index contributed by atoms with van der Waals surface area (Å²) in [4.78, 5) is 0.879. The Morgan fingerprint density at radius 1 is 0.619 bits per heavy atom. The van der Waals surface area contributed by atoms with Crippen molar-refractivity contribution in [1.82, 2.24) is 0 Å². The fourth-order valence-corrected chi connectivity index (χ4v) is 3.35. The van der Waals surface area contributed by atoms with Crippen molar-refractivity contribution in [1.29, 1.82) is 0 Å². The van der Waals surface area contributed by atoms with E-state index in [1.807, 2.05) is 48.5 Å². The molecule has 0 aliphatic heterocycles. The molecule has 104 valence electrons. The van der Waals surface area contributed by atoms with Crippen LogP contribution in [0.25, 0.3) is 11.1 Å². The summed E-state index contributed by atoms with van der Waals surface area (Å²) in [5.74, 6) is 0.555. The average molecular weight is 292 g/mol. The third-order valence-electron chi connectivity index (χ3n) is 3.36. The summed E-state index contributed by atoms with van der Waals surface area (Å²) >= 11 is -0.985. The van der Waals surface area contributed by atoms with E-state index in [-0.39, 0.29) is 0 Å². The van der Waals surface area contributed by atoms with Crippen molar-refractivity contribution in [3.8, 4) is 11.1 Å². The highest BCUT2D eigenvalue weighted by atomic mass is 32.2. The largest absolute Gasteiger partial charge is 0.611 e. The van der Waals surface area contributed by atoms with Crippen LogP contribution in [-0.4, -0.2) is 4.55 Å². The molecule has 0 N–H and O–H groups in total. The maximum absolute atomic E-state index is 12.3. The monoisotopic (exact) mass is 292 g/mol. The van der Waals surface area contributed by atoms with E-state index in [9.17, 15) is 4.55 Å². The van der Waals surface area contributed by atoms with Gasteiger partial charge in [0.15, 0.2) is 4.90 Å². The van der Waals surface area contributed by atoms with Crippen LogP contribution in [0.3, 0.4) is 0 Å². The Morgan fingerprint density at radius 3 is 1.76 bits per heavy atom. The maximum atomic E-state index is 12.3. The Labute approximate surface area is 128 Å². The lowest BCUT2D eigenvalue weighted by Crippen LogP contribution is -2.04. The van der Waals surface area contributed by atoms with Crippen LogP contribution in [0.2, 0.25) is 0 Å². The highest BCUT2D eigenvalue weighted by Gasteiger charge is 2.11. The first kappa shape index (κ1) is 13.9. The predicted molar refractivity (Wildman–Crippen MR) is 88.4 cm³/mol. The second-order valence-corrected chi connectivity index (χ2v) is 6.32. The molecule has 0 saturated heterocycles. The highest BCUT2D eigenvalue weighted by Crippen LogP contribution is 2.21. The number of hydrogen-bond acceptors (Lipinski definition) is 1. The normalized spacial score (nSPS) is 12.0. The van der Waals surface area contributed by atoms with Gasteiger partial charge in [0, 0.05) is 5.56 Å². The topological polar surface area (TPSA) is 23.1 Å². The molecule has 0 spiro atoms. The number of hydrogen-bond donors (Lipinski definition) is 0. The Kier molecular flexibility index (Phi) is 4.39. The Hall–Kier alpha value is -2.03. The van der Waals surface area contributed by atoms with Crippen LogP contribution >= 0.6 is 0 Å². The van der Waals surface area contributed by atoms with Gasteiger partial charge in [0.2, 0.25) is 0 Å². The zero-order valence-corrected chi connectivity index (χ0v) is 12.4. The zero-order chi connectivity index (χ0) is 14.5. The van der Waals surface area contributed by atoms with Crippen molar-refractivity contribution >= 4 is 11.2 Å². The van der Waals surface area contributed by atoms with E-state index in [0.717, 1.165) is 10.5 Å². The van der Waals surface area contributed by atoms with Crippen LogP contribution in [-0.2, 0) is 16.9 Å². The lowest BCUT2D eigenvalue weighted by molar-refractivity contribution is 0.594. The molecule has 0 aliphatic carbocycles. The Bertz CT molecular complexity index is 678. The molecule has 1 atom stereocenters. The van der Waals surface area contributed by atoms with E-state index >= 15 is 0 Å². The van der Waals surface area contributed by atoms with Gasteiger partial charge in [-0.1, -0.05) is 72.8 Å². The summed E-state index contributed by atoms with van der Waals surface area (Å²) < 4.78 is 12.3. The molecule has 3 aromatic rings. The summed E-state index contributed by atoms with van der Waals surface area (Å²) in [6.07, 6.45) is 0. The van der Waals surface area contributed by atoms with E-state index in [1.54, 1.807) is 0 Å². The third-order valence-corrected chi connectivity index (χ3v) is 4.76. The van der Waals surface area contributed by atoms with Crippen LogP contribution in [0.15, 0.2) is 89.8 Å². The minimum Gasteiger partial charge on any atom is -0.611 e. The van der Waals surface area contributed by atoms with Crippen LogP contribution in [0, 0.1) is 0 Å². The summed E-state index contributed by atoms with van der Waals surface area (Å²) in [6, 6.07) is 28.2. The standard InChI is InChI=1S/C19H16OS/c20-21(19-9-5-2-6-10-19)15-16-11-13-18(14-12-16)17-7-3-1-4-8-17/h1-14H,15H2/t21-/m1/s1. The van der Waals surface area contributed by atoms with Gasteiger partial charge < -0.3 is 4.55 Å². The maximum Gasteiger partial charge on any atom is 0.153 e. The lowest BCUT2D eigenvalue weighted by Gasteiger charge is -2.10. The van der Waals surface area contributed by atoms with Gasteiger partial charge in [-0.2, -0.15) is 0 Å². The van der Waals surface area contributed by atoms with Gasteiger partial charge in [0.25, 0.3) is 0 Å². The third kappa shape index (κ3) is 3.54. The molecule has 1 nitrogen and oxygen atoms in total. The van der Waals surface area contributed by atoms with E-state index in [1.165, 1.54) is 11.1 Å². The van der Waals surface area contributed by atoms with Crippen molar-refractivity contribution in [2.45, 2.75) is 10.6 Å². The van der Waals surface area contributed by atoms with E-state index in [4.69, 9.17) is 0 Å². The molecule has 3 rings (SSSR count). The minimum absolute atomic E-state index is 0.555. The molecule has 0 bridgehead atoms. The smallest absolute Gasteiger partial charge is 0.153 e. The van der Waals surface area contributed by atoms with Gasteiger partial charge in [0.1, 0.15) is 5.75 Å². The van der Waals surface area contributed by atoms with E-state index in [2.05, 4.69) is 36.4 Å². The summed E-state index contributed by atoms with van der Waals surface area (Å²) in [5, 5.41) is 0. The van der Waals surface area contributed by atoms with Crippen molar-refractivity contribution in [2.24, 2.45) is 0 Å². The molecule has 0 fully saturated rings. The minimum atomic E-state index is -0.985. The fourth-order valence-electron chi connectivity index (χ4n) is 2.23. The second kappa shape index (κ2) is 6.61. The molecule has 0 aromatic heterocycles. The Morgan fingerprint density at radius 2 is 1.14 bits per heavy atom. The van der Waals surface area contributed by atoms with Gasteiger partial charge in [-0.05, 0) is 34.4 Å². The molecule has 0 saturated carbocycles. The molecular weight excluding hydrogens is 276 g/mol. The van der Waals surface area contributed by atoms with Crippen LogP contribution < -0.4 is 0 Å². The molecule has 0 radical (unpaired) electrons. The van der Waals surface area contributed by atoms with Crippen molar-refractivity contribution in [3.05, 3.63) is 90.5 Å².